The minimum Gasteiger partial charge on any atom is -0.486 e. The van der Waals surface area contributed by atoms with Gasteiger partial charge >= 0.3 is 6.01 Å². The molecule has 4 aromatic heterocycles. The number of nitrogens with zero attached hydrogens (tertiary/aromatic N) is 9. The molecule has 4 aromatic carbocycles. The third-order valence-electron chi connectivity index (χ3n) is 17.2. The van der Waals surface area contributed by atoms with Crippen LogP contribution < -0.4 is 36.3 Å². The molecular weight excluding hydrogens is 1070 g/mol. The molecule has 4 atom stereocenters. The number of nitrogens with one attached hydrogen (secondary N) is 4. The predicted octanol–water partition coefficient (Wildman–Crippen LogP) is 8.39. The van der Waals surface area contributed by atoms with Gasteiger partial charge in [-0.1, -0.05) is 56.3 Å². The lowest BCUT2D eigenvalue weighted by Gasteiger charge is -2.30. The predicted molar refractivity (Wildman–Crippen MR) is 336 cm³/mol. The van der Waals surface area contributed by atoms with Crippen LogP contribution in [-0.4, -0.2) is 147 Å². The number of hydrogen-bond donors (Lipinski definition) is 6. The number of aryl methyl sites for hydroxylation is 2. The topological polar surface area (TPSA) is 251 Å². The Morgan fingerprint density at radius 2 is 1.71 bits per heavy atom. The third-order valence-corrected chi connectivity index (χ3v) is 17.2. The molecule has 1 saturated carbocycles. The van der Waals surface area contributed by atoms with E-state index in [-0.39, 0.29) is 41.4 Å². The van der Waals surface area contributed by atoms with E-state index in [2.05, 4.69) is 86.0 Å². The fraction of sp³-hybridized carbons (Fsp3) is 0.446. The van der Waals surface area contributed by atoms with Gasteiger partial charge in [-0.2, -0.15) is 20.2 Å². The quantitative estimate of drug-likeness (QED) is 0.0302. The Morgan fingerprint density at radius 3 is 2.34 bits per heavy atom. The zero-order valence-corrected chi connectivity index (χ0v) is 50.3. The van der Waals surface area contributed by atoms with Crippen molar-refractivity contribution in [3.63, 3.8) is 0 Å². The van der Waals surface area contributed by atoms with Crippen LogP contribution in [0.1, 0.15) is 105 Å². The average Bonchev–Trinajstić information content (AvgIpc) is 1.93. The second kappa shape index (κ2) is 26.5. The SMILES string of the molecule is CCn1nccc1-c1ccc(CNC)cc1.CN1CCCC1.CO.COc1nc(N2CC3CC2CN3)c2cc(C3CC3)c(-c3c(C)ccc(N)c3C=N)c(OCc3ccc4c(c3)[nH]c(=O)c3nn(C(C(=O)N5CCCC5C=O)C(C)C)cc34)c2n1. The van der Waals surface area contributed by atoms with E-state index in [9.17, 15) is 14.4 Å². The van der Waals surface area contributed by atoms with Gasteiger partial charge in [-0.25, -0.2) is 0 Å². The summed E-state index contributed by atoms with van der Waals surface area (Å²) < 4.78 is 16.4. The lowest BCUT2D eigenvalue weighted by molar-refractivity contribution is -0.139. The van der Waals surface area contributed by atoms with Gasteiger partial charge in [0.2, 0.25) is 5.91 Å². The van der Waals surface area contributed by atoms with Gasteiger partial charge < -0.3 is 60.8 Å². The number of amides is 1. The number of benzene rings is 4. The normalized spacial score (nSPS) is 18.5. The van der Waals surface area contributed by atoms with Crippen molar-refractivity contribution in [3.8, 4) is 34.1 Å². The maximum atomic E-state index is 13.9. The van der Waals surface area contributed by atoms with Gasteiger partial charge in [-0.15, -0.1) is 0 Å². The minimum absolute atomic E-state index is 0.129. The zero-order chi connectivity index (χ0) is 60.1. The van der Waals surface area contributed by atoms with Crippen LogP contribution in [0.5, 0.6) is 11.8 Å². The van der Waals surface area contributed by atoms with Crippen LogP contribution in [0, 0.1) is 18.3 Å². The van der Waals surface area contributed by atoms with Crippen LogP contribution in [0.4, 0.5) is 11.5 Å². The Bertz CT molecular complexity index is 3750. The van der Waals surface area contributed by atoms with Gasteiger partial charge in [0.05, 0.1) is 18.8 Å². The first-order chi connectivity index (χ1) is 41.3. The number of aliphatic hydroxyl groups excluding tert-OH is 1. The van der Waals surface area contributed by atoms with Gasteiger partial charge in [0.1, 0.15) is 30.3 Å². The molecular formula is C65H82N14O6. The molecule has 85 heavy (non-hydrogen) atoms. The highest BCUT2D eigenvalue weighted by atomic mass is 16.5. The zero-order valence-electron chi connectivity index (χ0n) is 50.3. The van der Waals surface area contributed by atoms with Crippen molar-refractivity contribution >= 4 is 62.6 Å². The lowest BCUT2D eigenvalue weighted by atomic mass is 9.87. The third kappa shape index (κ3) is 12.4. The molecule has 0 radical (unpaired) electrons. The number of hydrogen-bond acceptors (Lipinski definition) is 16. The number of aldehydes is 1. The van der Waals surface area contributed by atoms with E-state index in [1.54, 1.807) is 22.9 Å². The average molecular weight is 1160 g/mol. The second-order valence-corrected chi connectivity index (χ2v) is 23.3. The van der Waals surface area contributed by atoms with Gasteiger partial charge in [0, 0.05) is 109 Å². The maximum Gasteiger partial charge on any atom is 0.318 e. The number of methoxy groups -OCH3 is 1. The monoisotopic (exact) mass is 1150 g/mol. The van der Waals surface area contributed by atoms with Gasteiger partial charge in [-0.3, -0.25) is 19.0 Å². The molecule has 20 heteroatoms. The summed E-state index contributed by atoms with van der Waals surface area (Å²) >= 11 is 0. The lowest BCUT2D eigenvalue weighted by Crippen LogP contribution is -2.44. The van der Waals surface area contributed by atoms with Crippen molar-refractivity contribution < 1.29 is 24.2 Å². The second-order valence-electron chi connectivity index (χ2n) is 23.3. The largest absolute Gasteiger partial charge is 0.486 e. The van der Waals surface area contributed by atoms with E-state index in [4.69, 9.17) is 35.7 Å². The fourth-order valence-corrected chi connectivity index (χ4v) is 12.7. The Kier molecular flexibility index (Phi) is 18.7. The van der Waals surface area contributed by atoms with Crippen LogP contribution in [0.25, 0.3) is 55.1 Å². The first-order valence-electron chi connectivity index (χ1n) is 29.9. The molecule has 2 bridgehead atoms. The molecule has 4 saturated heterocycles. The number of anilines is 2. The maximum absolute atomic E-state index is 13.9. The smallest absolute Gasteiger partial charge is 0.318 e. The number of piperazine rings is 1. The number of pyridine rings is 1. The highest BCUT2D eigenvalue weighted by Gasteiger charge is 2.41. The van der Waals surface area contributed by atoms with Crippen LogP contribution in [0.2, 0.25) is 0 Å². The first kappa shape index (κ1) is 60.1. The van der Waals surface area contributed by atoms with E-state index >= 15 is 0 Å². The molecule has 5 fully saturated rings. The summed E-state index contributed by atoms with van der Waals surface area (Å²) in [5.41, 5.74) is 17.0. The van der Waals surface area contributed by atoms with Crippen LogP contribution >= 0.6 is 0 Å². The number of nitrogen functional groups attached to an aromatic ring is 1. The van der Waals surface area contributed by atoms with Crippen molar-refractivity contribution in [2.45, 2.75) is 122 Å². The molecule has 8 heterocycles. The number of ether oxygens (including phenoxy) is 2. The number of nitrogens with two attached hydrogens (primary N) is 1. The van der Waals surface area contributed by atoms with Crippen molar-refractivity contribution in [3.05, 3.63) is 117 Å². The summed E-state index contributed by atoms with van der Waals surface area (Å²) in [5.74, 6) is 1.36. The summed E-state index contributed by atoms with van der Waals surface area (Å²) in [6.45, 7) is 14.8. The Balaban J connectivity index is 0.000000278. The molecule has 4 aliphatic heterocycles. The first-order valence-corrected chi connectivity index (χ1v) is 29.9. The van der Waals surface area contributed by atoms with Crippen molar-refractivity contribution in [1.29, 1.82) is 5.41 Å². The van der Waals surface area contributed by atoms with Gasteiger partial charge in [0.15, 0.2) is 11.3 Å². The molecule has 4 unspecified atom stereocenters. The van der Waals surface area contributed by atoms with E-state index < -0.39 is 12.1 Å². The number of aromatic nitrogens is 7. The van der Waals surface area contributed by atoms with Crippen LogP contribution in [-0.2, 0) is 29.3 Å². The number of carbonyl (C=O) groups excluding carboxylic acids is 2. The Hall–Kier alpha value is -8.04. The van der Waals surface area contributed by atoms with Crippen molar-refractivity contribution in [2.24, 2.45) is 5.92 Å². The Morgan fingerprint density at radius 1 is 0.941 bits per heavy atom. The number of fused-ring (bicyclic) bond motifs is 6. The highest BCUT2D eigenvalue weighted by molar-refractivity contribution is 6.06. The highest BCUT2D eigenvalue weighted by Crippen LogP contribution is 2.53. The number of aromatic amines is 1. The summed E-state index contributed by atoms with van der Waals surface area (Å²) in [7, 11) is 6.71. The molecule has 20 nitrogen and oxygen atoms in total. The van der Waals surface area contributed by atoms with Crippen LogP contribution in [0.3, 0.4) is 0 Å². The number of rotatable bonds is 16. The summed E-state index contributed by atoms with van der Waals surface area (Å²) in [5, 5.41) is 33.5. The molecule has 7 N–H and O–H groups in total. The number of aliphatic hydroxyl groups is 1. The molecule has 0 spiro atoms. The molecule has 5 aliphatic rings. The number of carbonyl (C=O) groups is 2. The fourth-order valence-electron chi connectivity index (χ4n) is 12.7. The summed E-state index contributed by atoms with van der Waals surface area (Å²) in [4.78, 5) is 58.7. The van der Waals surface area contributed by atoms with E-state index in [1.165, 1.54) is 49.0 Å². The minimum atomic E-state index is -0.678. The van der Waals surface area contributed by atoms with E-state index in [0.29, 0.717) is 58.5 Å². The standard InChI is InChI=1S/C46H50N10O5.C13H17N3.C5H11N.CH4O/c1-23(2)41(45(59)54-13-5-6-28(54)21-57)56-20-34-30-11-8-25(14-36(30)50-44(58)40(34)53-56)22-61-42-38(37-24(3)7-12-35(48)33(37)17-47)31(26-9-10-26)16-32-39(42)51-46(60-4)52-43(32)55-19-27-15-29(55)18-49-27;1-3-16-13(8-9-15-16)12-6-4-11(5-7-12)10-14-2;1-6-4-2-3-5-6;1-2/h7-8,11-12,14,16-17,20-21,23,26-29,41,47,49H,5-6,9-10,13,15,18-19,22,48H2,1-4H3,(H,50,58);4-9,14H,3,10H2,1-2H3;2-5H2,1H3;2H,1H3. The summed E-state index contributed by atoms with van der Waals surface area (Å²) in [6.07, 6.45) is 13.1. The molecule has 1 aliphatic carbocycles. The van der Waals surface area contributed by atoms with E-state index in [1.807, 2.05) is 69.0 Å². The van der Waals surface area contributed by atoms with Crippen LogP contribution in [0.15, 0.2) is 83.9 Å². The van der Waals surface area contributed by atoms with Gasteiger partial charge in [0.25, 0.3) is 5.56 Å². The van der Waals surface area contributed by atoms with Gasteiger partial charge in [-0.05, 0) is 155 Å². The van der Waals surface area contributed by atoms with Crippen molar-refractivity contribution in [1.82, 2.24) is 54.9 Å². The summed E-state index contributed by atoms with van der Waals surface area (Å²) in [6, 6.07) is 22.3. The molecule has 1 amide bonds. The molecule has 8 aromatic rings. The Labute approximate surface area is 496 Å². The number of H-pyrrole nitrogens is 1. The molecule has 13 rings (SSSR count). The van der Waals surface area contributed by atoms with E-state index in [0.717, 1.165) is 110 Å². The molecule has 448 valence electrons. The number of likely N-dealkylation sites (tertiary alicyclic amines) is 2. The van der Waals surface area contributed by atoms with Crippen molar-refractivity contribution in [2.75, 3.05) is 71.7 Å².